The number of fused-ring (bicyclic) bond motifs is 1. The molecule has 188 valence electrons. The number of rotatable bonds is 8. The van der Waals surface area contributed by atoms with E-state index < -0.39 is 5.92 Å². The van der Waals surface area contributed by atoms with Crippen molar-refractivity contribution in [3.05, 3.63) is 54.6 Å². The number of aryl methyl sites for hydroxylation is 1. The third-order valence-corrected chi connectivity index (χ3v) is 6.55. The van der Waals surface area contributed by atoms with Crippen LogP contribution in [-0.4, -0.2) is 60.4 Å². The zero-order valence-electron chi connectivity index (χ0n) is 20.5. The molecule has 8 nitrogen and oxygen atoms in total. The van der Waals surface area contributed by atoms with Gasteiger partial charge in [-0.05, 0) is 48.7 Å². The topological polar surface area (TPSA) is 84.7 Å². The first-order valence-electron chi connectivity index (χ1n) is 12.3. The van der Waals surface area contributed by atoms with Crippen LogP contribution in [0.3, 0.4) is 0 Å². The number of nitrogens with one attached hydrogen (secondary N) is 1. The molecule has 0 atom stereocenters. The predicted octanol–water partition coefficient (Wildman–Crippen LogP) is 5.27. The second kappa shape index (κ2) is 10.2. The van der Waals surface area contributed by atoms with Gasteiger partial charge in [-0.25, -0.2) is 13.8 Å². The van der Waals surface area contributed by atoms with Crippen molar-refractivity contribution in [1.29, 1.82) is 0 Å². The minimum Gasteiger partial charge on any atom is -0.323 e. The van der Waals surface area contributed by atoms with E-state index in [0.29, 0.717) is 30.6 Å². The van der Waals surface area contributed by atoms with Crippen LogP contribution in [0.1, 0.15) is 44.6 Å². The third kappa shape index (κ3) is 5.81. The van der Waals surface area contributed by atoms with Crippen LogP contribution < -0.4 is 5.32 Å². The highest BCUT2D eigenvalue weighted by Crippen LogP contribution is 2.28. The van der Waals surface area contributed by atoms with E-state index in [2.05, 4.69) is 44.3 Å². The first kappa shape index (κ1) is 24.2. The largest absolute Gasteiger partial charge is 0.323 e. The molecule has 1 N–H and O–H groups in total. The number of pyridine rings is 2. The number of hydrogen-bond acceptors (Lipinski definition) is 7. The molecular formula is C26H30F2N8. The Morgan fingerprint density at radius 3 is 2.61 bits per heavy atom. The minimum absolute atomic E-state index is 0.0448. The summed E-state index contributed by atoms with van der Waals surface area (Å²) in [6.45, 7) is 6.68. The van der Waals surface area contributed by atoms with E-state index in [1.165, 1.54) is 0 Å². The Labute approximate surface area is 208 Å². The normalized spacial score (nSPS) is 16.0. The number of anilines is 2. The van der Waals surface area contributed by atoms with E-state index in [1.807, 2.05) is 47.5 Å². The summed E-state index contributed by atoms with van der Waals surface area (Å²) in [7, 11) is 0. The summed E-state index contributed by atoms with van der Waals surface area (Å²) in [5.41, 5.74) is 4.55. The highest BCUT2D eigenvalue weighted by molar-refractivity contribution is 5.81. The van der Waals surface area contributed by atoms with Crippen LogP contribution in [0.4, 0.5) is 20.4 Å². The summed E-state index contributed by atoms with van der Waals surface area (Å²) in [5, 5.41) is 16.0. The summed E-state index contributed by atoms with van der Waals surface area (Å²) < 4.78 is 28.5. The lowest BCUT2D eigenvalue weighted by atomic mass is 10.1. The molecule has 0 saturated carbocycles. The number of piperidine rings is 1. The molecular weight excluding hydrogens is 462 g/mol. The zero-order chi connectivity index (χ0) is 25.1. The van der Waals surface area contributed by atoms with Crippen molar-refractivity contribution in [3.8, 4) is 11.1 Å². The molecule has 1 saturated heterocycles. The Hall–Kier alpha value is -3.53. The Balaban J connectivity index is 1.23. The van der Waals surface area contributed by atoms with Gasteiger partial charge in [0.2, 0.25) is 0 Å². The first-order valence-corrected chi connectivity index (χ1v) is 12.3. The van der Waals surface area contributed by atoms with Crippen LogP contribution in [0.25, 0.3) is 22.2 Å². The Morgan fingerprint density at radius 2 is 1.81 bits per heavy atom. The molecule has 4 aromatic rings. The maximum absolute atomic E-state index is 13.3. The second-order valence-corrected chi connectivity index (χ2v) is 9.66. The summed E-state index contributed by atoms with van der Waals surface area (Å²) in [6, 6.07) is 7.78. The first-order chi connectivity index (χ1) is 17.3. The molecule has 5 rings (SSSR count). The molecule has 0 bridgehead atoms. The summed E-state index contributed by atoms with van der Waals surface area (Å²) in [4.78, 5) is 11.4. The van der Waals surface area contributed by atoms with E-state index in [9.17, 15) is 8.78 Å². The van der Waals surface area contributed by atoms with Crippen LogP contribution in [0.15, 0.2) is 49.1 Å². The van der Waals surface area contributed by atoms with Crippen molar-refractivity contribution >= 4 is 22.7 Å². The highest BCUT2D eigenvalue weighted by Gasteiger charge is 2.33. The molecule has 0 spiro atoms. The van der Waals surface area contributed by atoms with Crippen LogP contribution in [0.2, 0.25) is 0 Å². The van der Waals surface area contributed by atoms with Gasteiger partial charge in [-0.1, -0.05) is 13.8 Å². The molecule has 0 aliphatic carbocycles. The van der Waals surface area contributed by atoms with Crippen molar-refractivity contribution < 1.29 is 8.78 Å². The number of likely N-dealkylation sites (tertiary alicyclic amines) is 1. The van der Waals surface area contributed by atoms with Crippen molar-refractivity contribution in [2.24, 2.45) is 0 Å². The van der Waals surface area contributed by atoms with Crippen molar-refractivity contribution in [2.45, 2.75) is 51.5 Å². The SMILES string of the molecule is CC(C)c1cnnc(Nc2ccc3ncc(-c4cnn(CCCN5CCC(F)(F)CC5)c4)cc3n2)c1. The number of aromatic nitrogens is 6. The second-order valence-electron chi connectivity index (χ2n) is 9.66. The Kier molecular flexibility index (Phi) is 6.86. The van der Waals surface area contributed by atoms with Gasteiger partial charge in [0, 0.05) is 56.0 Å². The fourth-order valence-corrected chi connectivity index (χ4v) is 4.32. The van der Waals surface area contributed by atoms with E-state index in [-0.39, 0.29) is 12.8 Å². The predicted molar refractivity (Wildman–Crippen MR) is 135 cm³/mol. The number of nitrogens with zero attached hydrogens (tertiary/aromatic N) is 7. The van der Waals surface area contributed by atoms with E-state index in [0.717, 1.165) is 47.2 Å². The fourth-order valence-electron chi connectivity index (χ4n) is 4.32. The van der Waals surface area contributed by atoms with Crippen molar-refractivity contribution in [1.82, 2.24) is 34.8 Å². The lowest BCUT2D eigenvalue weighted by Crippen LogP contribution is -2.39. The maximum Gasteiger partial charge on any atom is 0.250 e. The molecule has 0 aromatic carbocycles. The van der Waals surface area contributed by atoms with Crippen LogP contribution >= 0.6 is 0 Å². The van der Waals surface area contributed by atoms with Gasteiger partial charge in [0.1, 0.15) is 5.82 Å². The maximum atomic E-state index is 13.3. The van der Waals surface area contributed by atoms with Gasteiger partial charge < -0.3 is 10.2 Å². The van der Waals surface area contributed by atoms with Gasteiger partial charge in [0.15, 0.2) is 5.82 Å². The van der Waals surface area contributed by atoms with Crippen LogP contribution in [0.5, 0.6) is 0 Å². The highest BCUT2D eigenvalue weighted by atomic mass is 19.3. The number of alkyl halides is 2. The van der Waals surface area contributed by atoms with Crippen molar-refractivity contribution in [2.75, 3.05) is 25.0 Å². The minimum atomic E-state index is -2.50. The number of hydrogen-bond donors (Lipinski definition) is 1. The Morgan fingerprint density at radius 1 is 0.972 bits per heavy atom. The average molecular weight is 493 g/mol. The zero-order valence-corrected chi connectivity index (χ0v) is 20.5. The van der Waals surface area contributed by atoms with E-state index in [4.69, 9.17) is 4.98 Å². The lowest BCUT2D eigenvalue weighted by molar-refractivity contribution is -0.0553. The fraction of sp³-hybridized carbons (Fsp3) is 0.423. The molecule has 1 aliphatic heterocycles. The molecule has 4 aromatic heterocycles. The van der Waals surface area contributed by atoms with Gasteiger partial charge >= 0.3 is 0 Å². The van der Waals surface area contributed by atoms with Gasteiger partial charge in [0.25, 0.3) is 5.92 Å². The molecule has 10 heteroatoms. The molecule has 36 heavy (non-hydrogen) atoms. The molecule has 5 heterocycles. The monoisotopic (exact) mass is 492 g/mol. The molecule has 0 unspecified atom stereocenters. The Bertz CT molecular complexity index is 1330. The third-order valence-electron chi connectivity index (χ3n) is 6.55. The van der Waals surface area contributed by atoms with Gasteiger partial charge in [-0.2, -0.15) is 10.2 Å². The van der Waals surface area contributed by atoms with E-state index in [1.54, 1.807) is 6.20 Å². The quantitative estimate of drug-likeness (QED) is 0.359. The molecule has 1 fully saturated rings. The summed E-state index contributed by atoms with van der Waals surface area (Å²) >= 11 is 0. The molecule has 0 radical (unpaired) electrons. The smallest absolute Gasteiger partial charge is 0.250 e. The molecule has 1 aliphatic rings. The molecule has 0 amide bonds. The van der Waals surface area contributed by atoms with Crippen LogP contribution in [0, 0.1) is 0 Å². The van der Waals surface area contributed by atoms with E-state index >= 15 is 0 Å². The van der Waals surface area contributed by atoms with Gasteiger partial charge in [-0.3, -0.25) is 9.67 Å². The summed E-state index contributed by atoms with van der Waals surface area (Å²) in [5.74, 6) is -0.824. The van der Waals surface area contributed by atoms with Crippen molar-refractivity contribution in [3.63, 3.8) is 0 Å². The van der Waals surface area contributed by atoms with Gasteiger partial charge in [-0.15, -0.1) is 5.10 Å². The average Bonchev–Trinajstić information content (AvgIpc) is 3.34. The van der Waals surface area contributed by atoms with Crippen LogP contribution in [-0.2, 0) is 6.54 Å². The number of halogens is 2. The summed E-state index contributed by atoms with van der Waals surface area (Å²) in [6.07, 6.45) is 8.18. The standard InChI is InChI=1S/C26H30F2N8/c1-18(2)19-13-25(34-30-15-19)33-24-5-4-22-23(32-24)12-20(14-29-22)21-16-31-36(17-21)9-3-8-35-10-6-26(27,28)7-11-35/h4-5,12-18H,3,6-11H2,1-2H3,(H,32,33,34). The lowest BCUT2D eigenvalue weighted by Gasteiger charge is -2.31. The van der Waals surface area contributed by atoms with Gasteiger partial charge in [0.05, 0.1) is 23.4 Å².